The number of amides is 1. The number of pyridine rings is 2. The van der Waals surface area contributed by atoms with Crippen molar-refractivity contribution in [3.8, 4) is 0 Å². The van der Waals surface area contributed by atoms with E-state index in [9.17, 15) is 9.59 Å². The second-order valence-electron chi connectivity index (χ2n) is 7.34. The molecule has 146 valence electrons. The molecule has 3 N–H and O–H groups in total. The van der Waals surface area contributed by atoms with Gasteiger partial charge in [-0.05, 0) is 44.9 Å². The summed E-state index contributed by atoms with van der Waals surface area (Å²) in [5.74, 6) is -0.0265. The van der Waals surface area contributed by atoms with Gasteiger partial charge in [-0.25, -0.2) is 4.57 Å². The molecule has 0 unspecified atom stereocenters. The summed E-state index contributed by atoms with van der Waals surface area (Å²) in [7, 11) is 0. The van der Waals surface area contributed by atoms with Gasteiger partial charge in [-0.1, -0.05) is 11.1 Å². The molecule has 1 atom stereocenters. The molecular formula is C20H24N5O3+. The predicted molar refractivity (Wildman–Crippen MR) is 105 cm³/mol. The van der Waals surface area contributed by atoms with E-state index in [0.717, 1.165) is 19.4 Å². The van der Waals surface area contributed by atoms with Gasteiger partial charge in [0.15, 0.2) is 0 Å². The highest BCUT2D eigenvalue weighted by atomic mass is 16.5. The number of aromatic nitrogens is 3. The summed E-state index contributed by atoms with van der Waals surface area (Å²) in [6.45, 7) is 5.03. The highest BCUT2D eigenvalue weighted by Gasteiger charge is 2.26. The average molecular weight is 382 g/mol. The Morgan fingerprint density at radius 1 is 1.46 bits per heavy atom. The van der Waals surface area contributed by atoms with Crippen LogP contribution in [0.5, 0.6) is 0 Å². The normalized spacial score (nSPS) is 16.9. The van der Waals surface area contributed by atoms with Gasteiger partial charge < -0.3 is 15.8 Å². The number of ether oxygens (including phenoxy) is 1. The number of hydrogen-bond donors (Lipinski definition) is 2. The van der Waals surface area contributed by atoms with E-state index in [1.165, 1.54) is 4.40 Å². The summed E-state index contributed by atoms with van der Waals surface area (Å²) in [4.78, 5) is 30.5. The molecule has 8 heteroatoms. The first kappa shape index (κ1) is 18.4. The quantitative estimate of drug-likeness (QED) is 0.522. The molecule has 0 spiro atoms. The molecule has 0 radical (unpaired) electrons. The number of carbonyl (C=O) groups excluding carboxylic acids is 1. The first-order valence-corrected chi connectivity index (χ1v) is 9.52. The zero-order valence-electron chi connectivity index (χ0n) is 16.0. The highest BCUT2D eigenvalue weighted by Crippen LogP contribution is 2.17. The monoisotopic (exact) mass is 382 g/mol. The molecule has 1 aliphatic rings. The number of nitrogen functional groups attached to an aromatic ring is 1. The van der Waals surface area contributed by atoms with Crippen molar-refractivity contribution in [1.82, 2.24) is 14.7 Å². The number of nitrogens with one attached hydrogen (secondary N) is 1. The van der Waals surface area contributed by atoms with Crippen LogP contribution in [0, 0.1) is 0 Å². The molecule has 1 aliphatic heterocycles. The van der Waals surface area contributed by atoms with Crippen molar-refractivity contribution >= 4 is 28.4 Å². The fourth-order valence-electron chi connectivity index (χ4n) is 3.67. The largest absolute Gasteiger partial charge is 0.376 e. The maximum absolute atomic E-state index is 13.0. The predicted octanol–water partition coefficient (Wildman–Crippen LogP) is 1.21. The van der Waals surface area contributed by atoms with E-state index in [0.29, 0.717) is 29.0 Å². The van der Waals surface area contributed by atoms with Crippen molar-refractivity contribution in [3.05, 3.63) is 46.4 Å². The smallest absolute Gasteiger partial charge is 0.278 e. The lowest BCUT2D eigenvalue weighted by molar-refractivity contribution is -0.679. The lowest BCUT2D eigenvalue weighted by Crippen LogP contribution is -2.44. The van der Waals surface area contributed by atoms with Crippen molar-refractivity contribution in [1.29, 1.82) is 0 Å². The number of carbonyl (C=O) groups is 1. The molecule has 28 heavy (non-hydrogen) atoms. The van der Waals surface area contributed by atoms with E-state index < -0.39 is 0 Å². The third-order valence-electron chi connectivity index (χ3n) is 5.08. The van der Waals surface area contributed by atoms with Crippen LogP contribution in [-0.2, 0) is 4.74 Å². The fourth-order valence-corrected chi connectivity index (χ4v) is 3.67. The number of fused-ring (bicyclic) bond motifs is 2. The Kier molecular flexibility index (Phi) is 4.72. The molecule has 4 heterocycles. The van der Waals surface area contributed by atoms with E-state index in [4.69, 9.17) is 10.5 Å². The first-order chi connectivity index (χ1) is 13.5. The van der Waals surface area contributed by atoms with Crippen LogP contribution in [0.2, 0.25) is 0 Å². The Bertz CT molecular complexity index is 1120. The lowest BCUT2D eigenvalue weighted by Gasteiger charge is -2.15. The SMILES string of the molecule is CC(C)[n+]1c(N)c(C(=O)NC[C@H]2CCCO2)cc2c(=O)n3ccccc3nc21. The second kappa shape index (κ2) is 7.20. The topological polar surface area (TPSA) is 103 Å². The van der Waals surface area contributed by atoms with Crippen LogP contribution in [0.1, 0.15) is 43.1 Å². The number of nitrogens with zero attached hydrogens (tertiary/aromatic N) is 3. The van der Waals surface area contributed by atoms with Crippen molar-refractivity contribution in [2.24, 2.45) is 0 Å². The zero-order valence-corrected chi connectivity index (χ0v) is 16.0. The molecule has 4 rings (SSSR count). The van der Waals surface area contributed by atoms with E-state index in [1.54, 1.807) is 29.0 Å². The summed E-state index contributed by atoms with van der Waals surface area (Å²) < 4.78 is 8.76. The van der Waals surface area contributed by atoms with Crippen molar-refractivity contribution in [3.63, 3.8) is 0 Å². The molecule has 3 aromatic rings. The Hall–Kier alpha value is -3.00. The van der Waals surface area contributed by atoms with Crippen LogP contribution >= 0.6 is 0 Å². The fraction of sp³-hybridized carbons (Fsp3) is 0.400. The van der Waals surface area contributed by atoms with Crippen LogP contribution in [-0.4, -0.2) is 34.5 Å². The van der Waals surface area contributed by atoms with E-state index in [1.807, 2.05) is 19.9 Å². The van der Waals surface area contributed by atoms with Gasteiger partial charge in [-0.2, -0.15) is 0 Å². The number of anilines is 1. The van der Waals surface area contributed by atoms with Crippen LogP contribution < -0.4 is 21.2 Å². The number of nitrogens with two attached hydrogens (primary N) is 1. The van der Waals surface area contributed by atoms with Gasteiger partial charge >= 0.3 is 0 Å². The third-order valence-corrected chi connectivity index (χ3v) is 5.08. The second-order valence-corrected chi connectivity index (χ2v) is 7.34. The molecule has 0 bridgehead atoms. The Morgan fingerprint density at radius 3 is 3.00 bits per heavy atom. The zero-order chi connectivity index (χ0) is 19.8. The Labute approximate surface area is 161 Å². The van der Waals surface area contributed by atoms with Crippen molar-refractivity contribution < 1.29 is 14.1 Å². The summed E-state index contributed by atoms with van der Waals surface area (Å²) >= 11 is 0. The van der Waals surface area contributed by atoms with Crippen molar-refractivity contribution in [2.75, 3.05) is 18.9 Å². The summed E-state index contributed by atoms with van der Waals surface area (Å²) in [6, 6.07) is 6.83. The van der Waals surface area contributed by atoms with E-state index in [-0.39, 0.29) is 29.2 Å². The highest BCUT2D eigenvalue weighted by molar-refractivity contribution is 6.00. The summed E-state index contributed by atoms with van der Waals surface area (Å²) in [5, 5.41) is 3.24. The van der Waals surface area contributed by atoms with Gasteiger partial charge in [0.1, 0.15) is 10.9 Å². The van der Waals surface area contributed by atoms with Gasteiger partial charge in [-0.15, -0.1) is 0 Å². The van der Waals surface area contributed by atoms with Crippen LogP contribution in [0.25, 0.3) is 16.7 Å². The molecule has 3 aromatic heterocycles. The molecule has 1 amide bonds. The molecule has 0 saturated carbocycles. The van der Waals surface area contributed by atoms with Gasteiger partial charge in [0.05, 0.1) is 12.1 Å². The van der Waals surface area contributed by atoms with Crippen LogP contribution in [0.4, 0.5) is 5.82 Å². The number of rotatable bonds is 4. The minimum atomic E-state index is -0.318. The van der Waals surface area contributed by atoms with Gasteiger partial charge in [0.2, 0.25) is 11.5 Å². The van der Waals surface area contributed by atoms with Gasteiger partial charge in [0.25, 0.3) is 17.1 Å². The Morgan fingerprint density at radius 2 is 2.29 bits per heavy atom. The van der Waals surface area contributed by atoms with Gasteiger partial charge in [-0.3, -0.25) is 14.0 Å². The molecular weight excluding hydrogens is 358 g/mol. The van der Waals surface area contributed by atoms with E-state index in [2.05, 4.69) is 10.3 Å². The Balaban J connectivity index is 1.86. The number of hydrogen-bond acceptors (Lipinski definition) is 5. The summed E-state index contributed by atoms with van der Waals surface area (Å²) in [5.41, 5.74) is 7.39. The lowest BCUT2D eigenvalue weighted by atomic mass is 10.1. The van der Waals surface area contributed by atoms with Crippen molar-refractivity contribution in [2.45, 2.75) is 38.8 Å². The summed E-state index contributed by atoms with van der Waals surface area (Å²) in [6.07, 6.45) is 3.62. The van der Waals surface area contributed by atoms with Crippen LogP contribution in [0.3, 0.4) is 0 Å². The van der Waals surface area contributed by atoms with Crippen LogP contribution in [0.15, 0.2) is 35.3 Å². The first-order valence-electron chi connectivity index (χ1n) is 9.52. The molecule has 0 aliphatic carbocycles. The van der Waals surface area contributed by atoms with Gasteiger partial charge in [0, 0.05) is 19.3 Å². The molecule has 0 aromatic carbocycles. The average Bonchev–Trinajstić information content (AvgIpc) is 3.19. The minimum absolute atomic E-state index is 0.0269. The molecule has 8 nitrogen and oxygen atoms in total. The maximum Gasteiger partial charge on any atom is 0.278 e. The molecule has 1 saturated heterocycles. The molecule has 1 fully saturated rings. The third kappa shape index (κ3) is 3.09. The maximum atomic E-state index is 13.0. The standard InChI is InChI=1S/C20H23N5O3/c1-12(2)25-17(21)14(19(26)22-11-13-6-5-9-28-13)10-15-18(25)23-16-7-3-4-8-24(16)20(15)27/h3-4,7-8,10,12-13,21H,5-6,9,11H2,1-2H3,(H,22,26)/p+1/t13-/m1/s1. The van der Waals surface area contributed by atoms with E-state index >= 15 is 0 Å². The minimum Gasteiger partial charge on any atom is -0.376 e.